The molecule has 0 spiro atoms. The largest absolute Gasteiger partial charge is 0.495 e. The number of epoxide rings is 1. The molecule has 3 aliphatic rings. The van der Waals surface area contributed by atoms with Crippen molar-refractivity contribution in [3.8, 4) is 5.75 Å². The van der Waals surface area contributed by atoms with Gasteiger partial charge in [-0.1, -0.05) is 70.8 Å². The number of carbonyl (C=O) groups is 4. The van der Waals surface area contributed by atoms with Crippen LogP contribution >= 0.6 is 33.2 Å². The van der Waals surface area contributed by atoms with E-state index in [9.17, 15) is 24.3 Å². The maximum atomic E-state index is 14.2. The number of anilines is 1. The van der Waals surface area contributed by atoms with Crippen LogP contribution in [-0.2, 0) is 39.8 Å². The average molecular weight is 812 g/mol. The van der Waals surface area contributed by atoms with Crippen LogP contribution in [0.15, 0.2) is 35.9 Å². The Morgan fingerprint density at radius 2 is 1.94 bits per heavy atom. The highest BCUT2D eigenvalue weighted by Crippen LogP contribution is 2.49. The van der Waals surface area contributed by atoms with E-state index in [2.05, 4.69) is 5.32 Å². The number of fused-ring (bicyclic) bond motifs is 5. The van der Waals surface area contributed by atoms with Crippen molar-refractivity contribution in [1.82, 2.24) is 10.2 Å². The van der Waals surface area contributed by atoms with E-state index in [0.29, 0.717) is 24.3 Å². The van der Waals surface area contributed by atoms with Crippen molar-refractivity contribution in [3.05, 3.63) is 46.5 Å². The maximum absolute atomic E-state index is 14.2. The van der Waals surface area contributed by atoms with Crippen molar-refractivity contribution < 1.29 is 48.0 Å². The minimum atomic E-state index is -1.82. The number of nitrogens with zero attached hydrogens (tertiary/aromatic N) is 2. The lowest BCUT2D eigenvalue weighted by molar-refractivity contribution is -0.162. The first kappa shape index (κ1) is 43.8. The van der Waals surface area contributed by atoms with Gasteiger partial charge in [0.25, 0.3) is 0 Å². The molecule has 3 amide bonds. The molecule has 3 heterocycles. The maximum Gasteiger partial charge on any atom is 0.409 e. The second-order valence-corrected chi connectivity index (χ2v) is 17.8. The molecule has 0 aromatic heterocycles. The molecule has 0 saturated carbocycles. The Bertz CT molecular complexity index is 1630. The second-order valence-electron chi connectivity index (χ2n) is 14.5. The molecule has 0 aliphatic carbocycles. The number of halogens is 1. The first-order valence-corrected chi connectivity index (χ1v) is 20.9. The van der Waals surface area contributed by atoms with Crippen LogP contribution in [0.1, 0.15) is 65.9 Å². The van der Waals surface area contributed by atoms with Gasteiger partial charge in [0.05, 0.1) is 25.3 Å². The smallest absolute Gasteiger partial charge is 0.409 e. The minimum Gasteiger partial charge on any atom is -0.495 e. The Morgan fingerprint density at radius 3 is 2.59 bits per heavy atom. The quantitative estimate of drug-likeness (QED) is 0.169. The molecule has 9 atom stereocenters. The van der Waals surface area contributed by atoms with Crippen LogP contribution in [0.5, 0.6) is 5.75 Å². The normalized spacial score (nSPS) is 31.4. The molecule has 13 nitrogen and oxygen atoms in total. The summed E-state index contributed by atoms with van der Waals surface area (Å²) in [5, 5.41) is 14.8. The lowest BCUT2D eigenvalue weighted by atomic mass is 9.83. The number of alkyl carbamates (subject to hydrolysis) is 1. The summed E-state index contributed by atoms with van der Waals surface area (Å²) in [5.41, 5.74) is -0.890. The summed E-state index contributed by atoms with van der Waals surface area (Å²) in [6.07, 6.45) is 3.89. The Kier molecular flexibility index (Phi) is 14.9. The number of likely N-dealkylation sites (N-methyl/N-ethyl adjacent to an activating group) is 1. The van der Waals surface area contributed by atoms with Crippen molar-refractivity contribution in [1.29, 1.82) is 0 Å². The molecule has 300 valence electrons. The fourth-order valence-corrected chi connectivity index (χ4v) is 9.06. The van der Waals surface area contributed by atoms with Gasteiger partial charge in [0.2, 0.25) is 11.8 Å². The lowest BCUT2D eigenvalue weighted by Gasteiger charge is -2.42. The Morgan fingerprint density at radius 1 is 1.24 bits per heavy atom. The number of hydrogen-bond acceptors (Lipinski definition) is 12. The van der Waals surface area contributed by atoms with Gasteiger partial charge < -0.3 is 38.6 Å². The van der Waals surface area contributed by atoms with Crippen molar-refractivity contribution in [2.75, 3.05) is 39.5 Å². The topological polar surface area (TPSA) is 156 Å². The number of allylic oxidation sites excluding steroid dienone is 3. The molecule has 54 heavy (non-hydrogen) atoms. The fourth-order valence-electron chi connectivity index (χ4n) is 6.93. The highest BCUT2D eigenvalue weighted by Gasteiger charge is 2.64. The van der Waals surface area contributed by atoms with Gasteiger partial charge in [-0.2, -0.15) is 0 Å². The number of benzene rings is 1. The first-order chi connectivity index (χ1) is 25.4. The van der Waals surface area contributed by atoms with Crippen LogP contribution in [0.25, 0.3) is 0 Å². The third-order valence-electron chi connectivity index (χ3n) is 10.5. The van der Waals surface area contributed by atoms with Gasteiger partial charge in [0.1, 0.15) is 40.7 Å². The number of hydrogen-bond donors (Lipinski definition) is 2. The number of amides is 3. The highest BCUT2D eigenvalue weighted by atomic mass is 35.5. The monoisotopic (exact) mass is 811 g/mol. The fraction of sp³-hybridized carbons (Fsp3) is 0.632. The molecule has 3 aliphatic heterocycles. The zero-order valence-electron chi connectivity index (χ0n) is 32.7. The molecule has 4 rings (SSSR count). The Hall–Kier alpha value is -2.95. The number of ether oxygens (including phenoxy) is 5. The SMILES string of the molecule is COc1cc2cc(c1Cl)N(C)C(=O)C[C@H](OC(=O)[C@H](C)N(C)C(=O)CCC(C)SSC)[C@]1(C)O[C@H]1[C@H](C)C1C[C@@](O)(NC(=O)O1)[C@H](OC)/C=C\C=C(\C)C2. The van der Waals surface area contributed by atoms with Crippen LogP contribution in [0, 0.1) is 5.92 Å². The zero-order valence-corrected chi connectivity index (χ0v) is 35.1. The minimum absolute atomic E-state index is 0.0460. The van der Waals surface area contributed by atoms with Crippen molar-refractivity contribution in [3.63, 3.8) is 0 Å². The molecule has 2 saturated heterocycles. The molecule has 4 bridgehead atoms. The number of carbonyl (C=O) groups excluding carboxylic acids is 4. The second kappa shape index (κ2) is 18.3. The van der Waals surface area contributed by atoms with Gasteiger partial charge in [-0.15, -0.1) is 0 Å². The van der Waals surface area contributed by atoms with E-state index in [-0.39, 0.29) is 35.4 Å². The van der Waals surface area contributed by atoms with Gasteiger partial charge in [0, 0.05) is 45.2 Å². The molecular weight excluding hydrogens is 758 g/mol. The molecule has 1 aromatic carbocycles. The van der Waals surface area contributed by atoms with Gasteiger partial charge in [-0.05, 0) is 57.6 Å². The van der Waals surface area contributed by atoms with Crippen LogP contribution in [-0.4, -0.2) is 115 Å². The third-order valence-corrected chi connectivity index (χ3v) is 13.2. The molecule has 2 unspecified atom stereocenters. The summed E-state index contributed by atoms with van der Waals surface area (Å²) < 4.78 is 29.3. The summed E-state index contributed by atoms with van der Waals surface area (Å²) in [5.74, 6) is -1.48. The number of aliphatic hydroxyl groups is 1. The lowest BCUT2D eigenvalue weighted by Crippen LogP contribution is -2.63. The van der Waals surface area contributed by atoms with E-state index in [1.165, 1.54) is 24.0 Å². The van der Waals surface area contributed by atoms with Crippen LogP contribution in [0.2, 0.25) is 5.02 Å². The predicted octanol–water partition coefficient (Wildman–Crippen LogP) is 5.69. The number of esters is 1. The third kappa shape index (κ3) is 10.1. The summed E-state index contributed by atoms with van der Waals surface area (Å²) in [4.78, 5) is 56.7. The van der Waals surface area contributed by atoms with Crippen LogP contribution in [0.3, 0.4) is 0 Å². The summed E-state index contributed by atoms with van der Waals surface area (Å²) in [7, 11) is 9.38. The van der Waals surface area contributed by atoms with E-state index >= 15 is 0 Å². The first-order valence-electron chi connectivity index (χ1n) is 17.9. The molecule has 2 fully saturated rings. The van der Waals surface area contributed by atoms with E-state index in [4.69, 9.17) is 35.3 Å². The summed E-state index contributed by atoms with van der Waals surface area (Å²) in [6, 6.07) is 2.63. The van der Waals surface area contributed by atoms with Crippen LogP contribution in [0.4, 0.5) is 10.5 Å². The van der Waals surface area contributed by atoms with E-state index in [1.54, 1.807) is 73.8 Å². The van der Waals surface area contributed by atoms with Gasteiger partial charge in [-0.3, -0.25) is 14.9 Å². The number of methoxy groups -OCH3 is 2. The summed E-state index contributed by atoms with van der Waals surface area (Å²) in [6.45, 7) is 9.09. The van der Waals surface area contributed by atoms with Gasteiger partial charge >= 0.3 is 12.1 Å². The van der Waals surface area contributed by atoms with Crippen molar-refractivity contribution >= 4 is 62.8 Å². The molecular formula is C38H54ClN3O10S2. The predicted molar refractivity (Wildman–Crippen MR) is 211 cm³/mol. The number of rotatable bonds is 10. The van der Waals surface area contributed by atoms with E-state index in [0.717, 1.165) is 11.1 Å². The molecule has 16 heteroatoms. The van der Waals surface area contributed by atoms with E-state index in [1.807, 2.05) is 33.1 Å². The standard InChI is InChI=1S/C38H54ClN3O10S2/c1-21-12-11-13-29(49-9)38(47)20-28(50-36(46)40-38)23(3)34-37(5,52-34)30(51-35(45)24(4)41(6)31(43)15-14-22(2)54-53-10)19-32(44)42(7)26-17-25(16-21)18-27(48-8)33(26)39/h11-13,17-18,22-24,28-30,34,47H,14-16,19-20H2,1-10H3,(H,40,46)/b13-11-,21-12-/t22?,23-,24+,28?,29-,30+,34+,37+,38+/m1/s1. The summed E-state index contributed by atoms with van der Waals surface area (Å²) >= 11 is 6.77. The molecule has 2 N–H and O–H groups in total. The van der Waals surface area contributed by atoms with Gasteiger partial charge in [0.15, 0.2) is 5.72 Å². The Balaban J connectivity index is 1.72. The zero-order chi connectivity index (χ0) is 40.1. The number of nitrogens with one attached hydrogen (secondary N) is 1. The molecule has 0 radical (unpaired) electrons. The Labute approximate surface area is 331 Å². The highest BCUT2D eigenvalue weighted by molar-refractivity contribution is 8.76. The van der Waals surface area contributed by atoms with Crippen molar-refractivity contribution in [2.24, 2.45) is 5.92 Å². The van der Waals surface area contributed by atoms with Crippen molar-refractivity contribution in [2.45, 2.75) is 114 Å². The van der Waals surface area contributed by atoms with Gasteiger partial charge in [-0.25, -0.2) is 9.59 Å². The average Bonchev–Trinajstić information content (AvgIpc) is 3.82. The van der Waals surface area contributed by atoms with E-state index < -0.39 is 65.7 Å². The molecule has 1 aromatic rings. The van der Waals surface area contributed by atoms with Crippen LogP contribution < -0.4 is 15.0 Å².